The lowest BCUT2D eigenvalue weighted by Crippen LogP contribution is -2.32. The highest BCUT2D eigenvalue weighted by Gasteiger charge is 2.44. The van der Waals surface area contributed by atoms with Gasteiger partial charge in [0.15, 0.2) is 0 Å². The number of carbonyl (C=O) groups is 2. The zero-order chi connectivity index (χ0) is 17.7. The number of hydrogen-bond acceptors (Lipinski definition) is 4. The van der Waals surface area contributed by atoms with Crippen LogP contribution in [-0.2, 0) is 0 Å². The molecule has 1 aliphatic heterocycles. The minimum Gasteiger partial charge on any atom is -0.383 e. The topological polar surface area (TPSA) is 96.4 Å². The van der Waals surface area contributed by atoms with Crippen molar-refractivity contribution in [2.75, 3.05) is 5.73 Å². The summed E-state index contributed by atoms with van der Waals surface area (Å²) >= 11 is 0. The van der Waals surface area contributed by atoms with E-state index in [1.807, 2.05) is 13.0 Å². The Morgan fingerprint density at radius 2 is 1.84 bits per heavy atom. The number of carbonyl (C=O) groups excluding carboxylic acids is 2. The summed E-state index contributed by atoms with van der Waals surface area (Å²) in [6.07, 6.45) is -1.08. The number of anilines is 1. The van der Waals surface area contributed by atoms with Crippen molar-refractivity contribution in [1.29, 1.82) is 0 Å². The standard InChI is InChI=1S/C18H13N5O2/c1-9-7-12-13(22-15(9)19)8-14(21-12)16(20-2)23-17(24)10-5-3-4-6-11(10)18(23)25/h3-8,16,21H,1H3,(H2,19,22). The molecule has 1 atom stereocenters. The number of nitrogens with two attached hydrogens (primary N) is 1. The Hall–Kier alpha value is -3.66. The molecule has 4 rings (SSSR count). The quantitative estimate of drug-likeness (QED) is 0.557. The summed E-state index contributed by atoms with van der Waals surface area (Å²) in [6, 6.07) is 10.0. The van der Waals surface area contributed by atoms with Crippen LogP contribution in [-0.4, -0.2) is 26.7 Å². The summed E-state index contributed by atoms with van der Waals surface area (Å²) in [6.45, 7) is 9.35. The van der Waals surface area contributed by atoms with Crippen molar-refractivity contribution in [1.82, 2.24) is 14.9 Å². The molecule has 2 amide bonds. The molecule has 1 unspecified atom stereocenters. The Morgan fingerprint density at radius 3 is 2.44 bits per heavy atom. The van der Waals surface area contributed by atoms with Crippen molar-refractivity contribution in [2.45, 2.75) is 13.1 Å². The number of fused-ring (bicyclic) bond motifs is 2. The lowest BCUT2D eigenvalue weighted by molar-refractivity contribution is 0.0610. The van der Waals surface area contributed by atoms with E-state index in [2.05, 4.69) is 14.8 Å². The van der Waals surface area contributed by atoms with Crippen molar-refractivity contribution < 1.29 is 9.59 Å². The number of pyridine rings is 1. The number of nitrogen functional groups attached to an aromatic ring is 1. The molecule has 1 aromatic carbocycles. The van der Waals surface area contributed by atoms with Gasteiger partial charge in [-0.05, 0) is 36.8 Å². The smallest absolute Gasteiger partial charge is 0.348 e. The molecule has 0 spiro atoms. The van der Waals surface area contributed by atoms with Gasteiger partial charge in [0.05, 0.1) is 22.2 Å². The van der Waals surface area contributed by atoms with Gasteiger partial charge in [0.2, 0.25) is 0 Å². The predicted octanol–water partition coefficient (Wildman–Crippen LogP) is 2.67. The van der Waals surface area contributed by atoms with E-state index in [9.17, 15) is 9.59 Å². The Bertz CT molecular complexity index is 1020. The second-order valence-electron chi connectivity index (χ2n) is 5.88. The molecule has 1 aliphatic rings. The number of H-pyrrole nitrogens is 1. The number of amides is 2. The monoisotopic (exact) mass is 331 g/mol. The van der Waals surface area contributed by atoms with Crippen LogP contribution >= 0.6 is 0 Å². The van der Waals surface area contributed by atoms with Gasteiger partial charge in [0.25, 0.3) is 11.8 Å². The highest BCUT2D eigenvalue weighted by atomic mass is 16.2. The molecule has 3 N–H and O–H groups in total. The Kier molecular flexibility index (Phi) is 3.09. The lowest BCUT2D eigenvalue weighted by Gasteiger charge is -2.14. The van der Waals surface area contributed by atoms with E-state index in [4.69, 9.17) is 12.3 Å². The average molecular weight is 331 g/mol. The van der Waals surface area contributed by atoms with E-state index in [0.29, 0.717) is 33.7 Å². The van der Waals surface area contributed by atoms with Gasteiger partial charge in [-0.2, -0.15) is 4.90 Å². The minimum absolute atomic E-state index is 0.315. The van der Waals surface area contributed by atoms with Crippen LogP contribution in [0.5, 0.6) is 0 Å². The number of aryl methyl sites for hydroxylation is 1. The summed E-state index contributed by atoms with van der Waals surface area (Å²) < 4.78 is 0. The first kappa shape index (κ1) is 14.9. The lowest BCUT2D eigenvalue weighted by atomic mass is 10.1. The largest absolute Gasteiger partial charge is 0.383 e. The highest BCUT2D eigenvalue weighted by molar-refractivity contribution is 6.21. The summed E-state index contributed by atoms with van der Waals surface area (Å²) in [5, 5.41) is 0. The molecule has 25 heavy (non-hydrogen) atoms. The normalized spacial score (nSPS) is 14.6. The average Bonchev–Trinajstić information content (AvgIpc) is 3.11. The van der Waals surface area contributed by atoms with Gasteiger partial charge in [-0.3, -0.25) is 14.4 Å². The number of benzene rings is 1. The number of aromatic nitrogens is 2. The molecule has 2 aromatic heterocycles. The fourth-order valence-electron chi connectivity index (χ4n) is 3.03. The third kappa shape index (κ3) is 2.08. The number of imide groups is 1. The first-order valence-electron chi connectivity index (χ1n) is 7.60. The molecule has 0 fully saturated rings. The zero-order valence-electron chi connectivity index (χ0n) is 13.3. The summed E-state index contributed by atoms with van der Waals surface area (Å²) in [7, 11) is 0. The maximum atomic E-state index is 12.6. The molecule has 7 nitrogen and oxygen atoms in total. The van der Waals surface area contributed by atoms with Gasteiger partial charge in [0, 0.05) is 0 Å². The molecule has 0 aliphatic carbocycles. The van der Waals surface area contributed by atoms with Crippen molar-refractivity contribution in [3.05, 3.63) is 70.2 Å². The Morgan fingerprint density at radius 1 is 1.20 bits per heavy atom. The summed E-state index contributed by atoms with van der Waals surface area (Å²) in [5.74, 6) is -0.536. The molecule has 3 heterocycles. The van der Waals surface area contributed by atoms with E-state index in [-0.39, 0.29) is 0 Å². The Balaban J connectivity index is 1.81. The number of hydrogen-bond donors (Lipinski definition) is 2. The third-order valence-corrected chi connectivity index (χ3v) is 4.32. The first-order chi connectivity index (χ1) is 12.0. The fourth-order valence-corrected chi connectivity index (χ4v) is 3.03. The van der Waals surface area contributed by atoms with Gasteiger partial charge in [-0.1, -0.05) is 12.1 Å². The summed E-state index contributed by atoms with van der Waals surface area (Å²) in [5.41, 5.74) is 8.98. The number of nitrogens with zero attached hydrogens (tertiary/aromatic N) is 3. The van der Waals surface area contributed by atoms with Crippen molar-refractivity contribution >= 4 is 28.7 Å². The molecule has 3 aromatic rings. The van der Waals surface area contributed by atoms with Crippen LogP contribution in [0.2, 0.25) is 0 Å². The zero-order valence-corrected chi connectivity index (χ0v) is 13.3. The van der Waals surface area contributed by atoms with E-state index in [1.54, 1.807) is 30.3 Å². The van der Waals surface area contributed by atoms with Gasteiger partial charge in [-0.25, -0.2) is 11.6 Å². The van der Waals surface area contributed by atoms with Crippen molar-refractivity contribution in [2.24, 2.45) is 0 Å². The molecular weight excluding hydrogens is 318 g/mol. The van der Waals surface area contributed by atoms with Gasteiger partial charge < -0.3 is 10.7 Å². The third-order valence-electron chi connectivity index (χ3n) is 4.32. The van der Waals surface area contributed by atoms with Crippen LogP contribution in [0.1, 0.15) is 38.1 Å². The van der Waals surface area contributed by atoms with E-state index < -0.39 is 18.0 Å². The molecule has 0 saturated heterocycles. The van der Waals surface area contributed by atoms with E-state index in [0.717, 1.165) is 10.5 Å². The van der Waals surface area contributed by atoms with Crippen LogP contribution in [0.4, 0.5) is 5.82 Å². The number of nitrogens with one attached hydrogen (secondary N) is 1. The SMILES string of the molecule is [C-]#[N+]C(c1cc2nc(N)c(C)cc2[nH]1)N1C(=O)c2ccccc2C1=O. The van der Waals surface area contributed by atoms with Crippen LogP contribution in [0.3, 0.4) is 0 Å². The molecule has 0 bridgehead atoms. The van der Waals surface area contributed by atoms with Gasteiger partial charge in [0.1, 0.15) is 11.5 Å². The number of aromatic amines is 1. The van der Waals surface area contributed by atoms with Crippen LogP contribution in [0.15, 0.2) is 36.4 Å². The maximum Gasteiger partial charge on any atom is 0.348 e. The van der Waals surface area contributed by atoms with Crippen LogP contribution in [0.25, 0.3) is 15.9 Å². The minimum atomic E-state index is -1.08. The maximum absolute atomic E-state index is 12.6. The van der Waals surface area contributed by atoms with E-state index in [1.165, 1.54) is 0 Å². The summed E-state index contributed by atoms with van der Waals surface area (Å²) in [4.78, 5) is 37.1. The molecule has 7 heteroatoms. The van der Waals surface area contributed by atoms with Crippen molar-refractivity contribution in [3.63, 3.8) is 0 Å². The molecular formula is C18H13N5O2. The fraction of sp³-hybridized carbons (Fsp3) is 0.111. The van der Waals surface area contributed by atoms with Crippen LogP contribution < -0.4 is 5.73 Å². The van der Waals surface area contributed by atoms with Crippen LogP contribution in [0, 0.1) is 13.5 Å². The van der Waals surface area contributed by atoms with E-state index >= 15 is 0 Å². The van der Waals surface area contributed by atoms with Gasteiger partial charge >= 0.3 is 6.17 Å². The molecule has 0 saturated carbocycles. The number of rotatable bonds is 2. The van der Waals surface area contributed by atoms with Crippen molar-refractivity contribution in [3.8, 4) is 0 Å². The highest BCUT2D eigenvalue weighted by Crippen LogP contribution is 2.33. The second-order valence-corrected chi connectivity index (χ2v) is 5.88. The molecule has 122 valence electrons. The Labute approximate surface area is 142 Å². The predicted molar refractivity (Wildman–Crippen MR) is 91.5 cm³/mol. The molecule has 0 radical (unpaired) electrons. The second kappa shape index (κ2) is 5.18. The van der Waals surface area contributed by atoms with Gasteiger partial charge in [-0.15, -0.1) is 0 Å². The first-order valence-corrected chi connectivity index (χ1v) is 7.60.